The molecule has 6 nitrogen and oxygen atoms in total. The SMILES string of the molecule is CCC(=O)C(CCCCCCOOc1cc(Cl)c(CCCCCCC(C(=O)CC)C(=O)CC)cc1Cl)C(=O)CC. The van der Waals surface area contributed by atoms with E-state index in [0.717, 1.165) is 63.4 Å². The van der Waals surface area contributed by atoms with Crippen molar-refractivity contribution in [1.29, 1.82) is 0 Å². The minimum absolute atomic E-state index is 0.0425. The minimum atomic E-state index is -0.447. The monoisotopic (exact) mass is 598 g/mol. The van der Waals surface area contributed by atoms with E-state index in [-0.39, 0.29) is 23.1 Å². The summed E-state index contributed by atoms with van der Waals surface area (Å²) in [5, 5.41) is 1.01. The van der Waals surface area contributed by atoms with Crippen LogP contribution in [0.5, 0.6) is 5.75 Å². The first-order valence-corrected chi connectivity index (χ1v) is 15.8. The summed E-state index contributed by atoms with van der Waals surface area (Å²) in [7, 11) is 0. The summed E-state index contributed by atoms with van der Waals surface area (Å²) < 4.78 is 0. The molecule has 1 aromatic carbocycles. The highest BCUT2D eigenvalue weighted by atomic mass is 35.5. The van der Waals surface area contributed by atoms with Crippen molar-refractivity contribution in [2.75, 3.05) is 6.61 Å². The molecule has 0 unspecified atom stereocenters. The van der Waals surface area contributed by atoms with E-state index in [1.54, 1.807) is 19.9 Å². The second-order valence-corrected chi connectivity index (χ2v) is 11.1. The Kier molecular flexibility index (Phi) is 19.1. The fraction of sp³-hybridized carbons (Fsp3) is 0.688. The Balaban J connectivity index is 2.31. The molecule has 0 spiro atoms. The van der Waals surface area contributed by atoms with Gasteiger partial charge in [0.15, 0.2) is 5.75 Å². The van der Waals surface area contributed by atoms with Gasteiger partial charge in [-0.15, -0.1) is 0 Å². The Morgan fingerprint density at radius 2 is 1.07 bits per heavy atom. The molecule has 1 rings (SSSR count). The molecule has 40 heavy (non-hydrogen) atoms. The van der Waals surface area contributed by atoms with E-state index in [1.165, 1.54) is 0 Å². The van der Waals surface area contributed by atoms with E-state index in [2.05, 4.69) is 0 Å². The van der Waals surface area contributed by atoms with Crippen LogP contribution in [0.25, 0.3) is 0 Å². The van der Waals surface area contributed by atoms with Gasteiger partial charge in [-0.05, 0) is 43.7 Å². The molecule has 0 aliphatic carbocycles. The highest BCUT2D eigenvalue weighted by Gasteiger charge is 2.23. The molecule has 0 atom stereocenters. The number of carbonyl (C=O) groups excluding carboxylic acids is 4. The molecule has 0 heterocycles. The lowest BCUT2D eigenvalue weighted by atomic mass is 9.90. The Hall–Kier alpha value is -1.76. The predicted octanol–water partition coefficient (Wildman–Crippen LogP) is 8.90. The molecule has 0 N–H and O–H groups in total. The van der Waals surface area contributed by atoms with Crippen LogP contribution in [0.1, 0.15) is 123 Å². The lowest BCUT2D eigenvalue weighted by Crippen LogP contribution is -2.22. The van der Waals surface area contributed by atoms with Gasteiger partial charge in [-0.2, -0.15) is 4.89 Å². The number of carbonyl (C=O) groups is 4. The fourth-order valence-corrected chi connectivity index (χ4v) is 5.27. The molecule has 0 aliphatic rings. The van der Waals surface area contributed by atoms with E-state index in [9.17, 15) is 19.2 Å². The molecule has 0 bridgehead atoms. The molecule has 0 fully saturated rings. The molecule has 0 aliphatic heterocycles. The maximum Gasteiger partial charge on any atom is 0.185 e. The van der Waals surface area contributed by atoms with Gasteiger partial charge >= 0.3 is 0 Å². The maximum absolute atomic E-state index is 12.0. The normalized spacial score (nSPS) is 11.3. The van der Waals surface area contributed by atoms with Gasteiger partial charge in [0, 0.05) is 36.8 Å². The topological polar surface area (TPSA) is 86.7 Å². The lowest BCUT2D eigenvalue weighted by molar-refractivity contribution is -0.207. The van der Waals surface area contributed by atoms with Crippen LogP contribution in [-0.4, -0.2) is 29.7 Å². The summed E-state index contributed by atoms with van der Waals surface area (Å²) in [4.78, 5) is 58.8. The van der Waals surface area contributed by atoms with Crippen molar-refractivity contribution in [3.63, 3.8) is 0 Å². The van der Waals surface area contributed by atoms with Crippen LogP contribution in [0.2, 0.25) is 10.0 Å². The zero-order valence-corrected chi connectivity index (χ0v) is 26.3. The molecule has 0 saturated heterocycles. The summed E-state index contributed by atoms with van der Waals surface area (Å²) in [5.74, 6) is -0.322. The number of aryl methyl sites for hydroxylation is 1. The summed E-state index contributed by atoms with van der Waals surface area (Å²) in [6.45, 7) is 7.63. The van der Waals surface area contributed by atoms with Crippen LogP contribution in [-0.2, 0) is 30.5 Å². The van der Waals surface area contributed by atoms with Crippen LogP contribution >= 0.6 is 23.2 Å². The fourth-order valence-electron chi connectivity index (χ4n) is 4.80. The van der Waals surface area contributed by atoms with Gasteiger partial charge < -0.3 is 4.89 Å². The van der Waals surface area contributed by atoms with Gasteiger partial charge in [-0.1, -0.05) is 89.4 Å². The lowest BCUT2D eigenvalue weighted by Gasteiger charge is -2.13. The molecule has 0 aromatic heterocycles. The summed E-state index contributed by atoms with van der Waals surface area (Å²) in [6, 6.07) is 3.48. The molecule has 0 radical (unpaired) electrons. The third kappa shape index (κ3) is 13.3. The van der Waals surface area contributed by atoms with Crippen LogP contribution in [0.3, 0.4) is 0 Å². The van der Waals surface area contributed by atoms with Gasteiger partial charge in [-0.25, -0.2) is 0 Å². The van der Waals surface area contributed by atoms with Crippen LogP contribution in [0.4, 0.5) is 0 Å². The van der Waals surface area contributed by atoms with Crippen molar-refractivity contribution >= 4 is 46.3 Å². The number of benzene rings is 1. The second-order valence-electron chi connectivity index (χ2n) is 10.3. The smallest absolute Gasteiger partial charge is 0.185 e. The van der Waals surface area contributed by atoms with Crippen LogP contribution < -0.4 is 4.89 Å². The maximum atomic E-state index is 12.0. The minimum Gasteiger partial charge on any atom is -0.336 e. The molecule has 8 heteroatoms. The van der Waals surface area contributed by atoms with E-state index >= 15 is 0 Å². The highest BCUT2D eigenvalue weighted by molar-refractivity contribution is 6.34. The number of Topliss-reactive ketones (excluding diaryl/α,β-unsaturated/α-hetero) is 4. The van der Waals surface area contributed by atoms with Crippen LogP contribution in [0.15, 0.2) is 12.1 Å². The predicted molar refractivity (Wildman–Crippen MR) is 161 cm³/mol. The number of hydrogen-bond donors (Lipinski definition) is 0. The number of rotatable bonds is 24. The van der Waals surface area contributed by atoms with Crippen molar-refractivity contribution in [2.24, 2.45) is 11.8 Å². The van der Waals surface area contributed by atoms with E-state index < -0.39 is 11.8 Å². The second kappa shape index (κ2) is 21.0. The number of unbranched alkanes of at least 4 members (excludes halogenated alkanes) is 6. The number of ketones is 4. The van der Waals surface area contributed by atoms with Gasteiger partial charge in [-0.3, -0.25) is 19.2 Å². The van der Waals surface area contributed by atoms with Gasteiger partial charge in [0.05, 0.1) is 23.5 Å². The molecular formula is C32H48Cl2O6. The van der Waals surface area contributed by atoms with Gasteiger partial charge in [0.2, 0.25) is 0 Å². The third-order valence-electron chi connectivity index (χ3n) is 7.36. The largest absolute Gasteiger partial charge is 0.336 e. The summed E-state index contributed by atoms with van der Waals surface area (Å²) in [5.41, 5.74) is 0.945. The van der Waals surface area contributed by atoms with E-state index in [0.29, 0.717) is 60.9 Å². The first kappa shape index (κ1) is 36.3. The number of hydrogen-bond acceptors (Lipinski definition) is 6. The molecule has 0 amide bonds. The molecule has 226 valence electrons. The Morgan fingerprint density at radius 1 is 0.625 bits per heavy atom. The van der Waals surface area contributed by atoms with E-state index in [4.69, 9.17) is 33.0 Å². The molecule has 0 saturated carbocycles. The standard InChI is InChI=1S/C32H48Cl2O6/c1-5-28(35)24(29(36)6-2)18-14-10-9-13-17-23-21-27(34)32(22-26(23)33)40-39-20-16-12-11-15-19-25(30(37)7-3)31(38)8-4/h21-22,24-25H,5-20H2,1-4H3. The van der Waals surface area contributed by atoms with E-state index in [1.807, 2.05) is 19.9 Å². The first-order chi connectivity index (χ1) is 19.2. The van der Waals surface area contributed by atoms with Crippen molar-refractivity contribution in [2.45, 2.75) is 124 Å². The first-order valence-electron chi connectivity index (χ1n) is 15.1. The summed E-state index contributed by atoms with van der Waals surface area (Å²) in [6.07, 6.45) is 10.9. The van der Waals surface area contributed by atoms with Crippen molar-refractivity contribution in [3.05, 3.63) is 27.7 Å². The average molecular weight is 600 g/mol. The Morgan fingerprint density at radius 3 is 1.55 bits per heavy atom. The Bertz CT molecular complexity index is 914. The quantitative estimate of drug-likeness (QED) is 0.0510. The highest BCUT2D eigenvalue weighted by Crippen LogP contribution is 2.32. The molecule has 1 aromatic rings. The van der Waals surface area contributed by atoms with Crippen molar-refractivity contribution < 1.29 is 29.0 Å². The van der Waals surface area contributed by atoms with Crippen molar-refractivity contribution in [3.8, 4) is 5.75 Å². The average Bonchev–Trinajstić information content (AvgIpc) is 2.96. The molecular weight excluding hydrogens is 551 g/mol. The Labute approximate surface area is 250 Å². The third-order valence-corrected chi connectivity index (χ3v) is 8.00. The van der Waals surface area contributed by atoms with Crippen LogP contribution in [0, 0.1) is 11.8 Å². The van der Waals surface area contributed by atoms with Crippen molar-refractivity contribution in [1.82, 2.24) is 0 Å². The number of halogens is 2. The van der Waals surface area contributed by atoms with Gasteiger partial charge in [0.25, 0.3) is 0 Å². The summed E-state index contributed by atoms with van der Waals surface area (Å²) >= 11 is 12.8. The zero-order valence-electron chi connectivity index (χ0n) is 24.8. The van der Waals surface area contributed by atoms with Gasteiger partial charge in [0.1, 0.15) is 23.1 Å². The zero-order chi connectivity index (χ0) is 29.9.